The predicted octanol–water partition coefficient (Wildman–Crippen LogP) is 4.63. The molecule has 0 bridgehead atoms. The molecule has 0 aliphatic heterocycles. The minimum Gasteiger partial charge on any atom is -0.153 e. The van der Waals surface area contributed by atoms with E-state index in [1.807, 2.05) is 17.8 Å². The van der Waals surface area contributed by atoms with E-state index in [0.717, 1.165) is 11.5 Å². The quantitative estimate of drug-likeness (QED) is 0.686. The summed E-state index contributed by atoms with van der Waals surface area (Å²) in [5, 5.41) is 0. The first-order valence-corrected chi connectivity index (χ1v) is 6.94. The van der Waals surface area contributed by atoms with Crippen molar-refractivity contribution in [3.8, 4) is 0 Å². The second-order valence-corrected chi connectivity index (χ2v) is 4.84. The Labute approximate surface area is 107 Å². The minimum atomic E-state index is 1.06. The number of hydrogen-bond donors (Lipinski definition) is 0. The van der Waals surface area contributed by atoms with Crippen LogP contribution in [0.3, 0.4) is 0 Å². The smallest absolute Gasteiger partial charge is 0.0187 e. The van der Waals surface area contributed by atoms with Crippen LogP contribution < -0.4 is 0 Å². The highest BCUT2D eigenvalue weighted by Gasteiger charge is 1.90. The van der Waals surface area contributed by atoms with Crippen LogP contribution in [0.1, 0.15) is 11.1 Å². The lowest BCUT2D eigenvalue weighted by Gasteiger charge is -1.98. The molecule has 2 aromatic rings. The number of benzene rings is 2. The maximum Gasteiger partial charge on any atom is 0.0187 e. The maximum absolute atomic E-state index is 2.23. The van der Waals surface area contributed by atoms with Crippen molar-refractivity contribution in [1.29, 1.82) is 0 Å². The summed E-state index contributed by atoms with van der Waals surface area (Å²) in [6.07, 6.45) is 4.40. The molecule has 86 valence electrons. The Morgan fingerprint density at radius 2 is 1.47 bits per heavy atom. The van der Waals surface area contributed by atoms with Gasteiger partial charge in [-0.1, -0.05) is 72.8 Å². The summed E-state index contributed by atoms with van der Waals surface area (Å²) in [6, 6.07) is 21.0. The van der Waals surface area contributed by atoms with E-state index in [1.54, 1.807) is 0 Å². The van der Waals surface area contributed by atoms with Gasteiger partial charge in [-0.15, -0.1) is 0 Å². The average Bonchev–Trinajstić information content (AvgIpc) is 2.41. The molecule has 0 spiro atoms. The summed E-state index contributed by atoms with van der Waals surface area (Å²) in [7, 11) is 0. The molecule has 0 saturated carbocycles. The van der Waals surface area contributed by atoms with E-state index in [9.17, 15) is 0 Å². The minimum absolute atomic E-state index is 1.06. The van der Waals surface area contributed by atoms with Gasteiger partial charge in [0.05, 0.1) is 0 Å². The van der Waals surface area contributed by atoms with Crippen LogP contribution in [-0.4, -0.2) is 5.75 Å². The molecule has 0 amide bonds. The molecule has 0 nitrogen and oxygen atoms in total. The zero-order valence-electron chi connectivity index (χ0n) is 9.75. The fourth-order valence-corrected chi connectivity index (χ4v) is 2.35. The molecule has 2 aromatic carbocycles. The van der Waals surface area contributed by atoms with E-state index in [1.165, 1.54) is 11.1 Å². The van der Waals surface area contributed by atoms with E-state index in [0.29, 0.717) is 0 Å². The molecule has 0 fully saturated rings. The standard InChI is InChI=1S/C16H16S/c1-3-8-15(9-4-1)12-7-13-17-14-16-10-5-2-6-11-16/h1-12H,13-14H2. The van der Waals surface area contributed by atoms with Crippen molar-refractivity contribution in [2.75, 3.05) is 5.75 Å². The van der Waals surface area contributed by atoms with Crippen molar-refractivity contribution in [1.82, 2.24) is 0 Å². The lowest BCUT2D eigenvalue weighted by molar-refractivity contribution is 1.41. The van der Waals surface area contributed by atoms with Crippen molar-refractivity contribution in [3.05, 3.63) is 77.9 Å². The number of thioether (sulfide) groups is 1. The van der Waals surface area contributed by atoms with Crippen LogP contribution in [-0.2, 0) is 5.75 Å². The molecule has 0 aliphatic rings. The zero-order valence-corrected chi connectivity index (χ0v) is 10.6. The molecule has 0 aromatic heterocycles. The van der Waals surface area contributed by atoms with Crippen LogP contribution in [0.25, 0.3) is 6.08 Å². The molecule has 0 saturated heterocycles. The second-order valence-electron chi connectivity index (χ2n) is 3.81. The Morgan fingerprint density at radius 3 is 2.18 bits per heavy atom. The van der Waals surface area contributed by atoms with Gasteiger partial charge in [0.2, 0.25) is 0 Å². The van der Waals surface area contributed by atoms with Gasteiger partial charge in [0.25, 0.3) is 0 Å². The van der Waals surface area contributed by atoms with Crippen LogP contribution >= 0.6 is 11.8 Å². The molecule has 1 heteroatoms. The Hall–Kier alpha value is -1.47. The summed E-state index contributed by atoms with van der Waals surface area (Å²) in [4.78, 5) is 0. The zero-order chi connectivity index (χ0) is 11.8. The van der Waals surface area contributed by atoms with E-state index in [-0.39, 0.29) is 0 Å². The van der Waals surface area contributed by atoms with Gasteiger partial charge in [-0.05, 0) is 11.1 Å². The highest BCUT2D eigenvalue weighted by molar-refractivity contribution is 7.98. The Kier molecular flexibility index (Phi) is 4.92. The summed E-state index contributed by atoms with van der Waals surface area (Å²) in [5.74, 6) is 2.14. The number of hydrogen-bond acceptors (Lipinski definition) is 1. The SMILES string of the molecule is C(=Cc1ccccc1)CSCc1ccccc1. The fourth-order valence-electron chi connectivity index (χ4n) is 1.57. The largest absolute Gasteiger partial charge is 0.153 e. The van der Waals surface area contributed by atoms with E-state index < -0.39 is 0 Å². The molecule has 0 atom stereocenters. The van der Waals surface area contributed by atoms with Gasteiger partial charge in [-0.3, -0.25) is 0 Å². The van der Waals surface area contributed by atoms with Gasteiger partial charge in [-0.25, -0.2) is 0 Å². The van der Waals surface area contributed by atoms with E-state index in [2.05, 4.69) is 66.7 Å². The lowest BCUT2D eigenvalue weighted by Crippen LogP contribution is -1.79. The second kappa shape index (κ2) is 6.97. The maximum atomic E-state index is 2.23. The van der Waals surface area contributed by atoms with Crippen molar-refractivity contribution in [2.24, 2.45) is 0 Å². The monoisotopic (exact) mass is 240 g/mol. The van der Waals surface area contributed by atoms with Gasteiger partial charge < -0.3 is 0 Å². The molecular weight excluding hydrogens is 224 g/mol. The Balaban J connectivity index is 1.72. The van der Waals surface area contributed by atoms with Crippen LogP contribution in [0.5, 0.6) is 0 Å². The van der Waals surface area contributed by atoms with Crippen molar-refractivity contribution >= 4 is 17.8 Å². The van der Waals surface area contributed by atoms with Gasteiger partial charge >= 0.3 is 0 Å². The first-order chi connectivity index (χ1) is 8.45. The molecule has 0 aliphatic carbocycles. The van der Waals surface area contributed by atoms with Gasteiger partial charge in [0.1, 0.15) is 0 Å². The molecule has 0 heterocycles. The number of rotatable bonds is 5. The van der Waals surface area contributed by atoms with Gasteiger partial charge in [-0.2, -0.15) is 11.8 Å². The average molecular weight is 240 g/mol. The summed E-state index contributed by atoms with van der Waals surface area (Å²) in [6.45, 7) is 0. The van der Waals surface area contributed by atoms with Crippen LogP contribution in [0.15, 0.2) is 66.7 Å². The predicted molar refractivity (Wildman–Crippen MR) is 78.1 cm³/mol. The van der Waals surface area contributed by atoms with Crippen molar-refractivity contribution < 1.29 is 0 Å². The highest BCUT2D eigenvalue weighted by atomic mass is 32.2. The fraction of sp³-hybridized carbons (Fsp3) is 0.125. The summed E-state index contributed by atoms with van der Waals surface area (Å²) >= 11 is 1.94. The topological polar surface area (TPSA) is 0 Å². The molecular formula is C16H16S. The first-order valence-electron chi connectivity index (χ1n) is 5.78. The third-order valence-corrected chi connectivity index (χ3v) is 3.40. The van der Waals surface area contributed by atoms with Crippen LogP contribution in [0.2, 0.25) is 0 Å². The van der Waals surface area contributed by atoms with Gasteiger partial charge in [0, 0.05) is 11.5 Å². The molecule has 2 rings (SSSR count). The van der Waals surface area contributed by atoms with E-state index >= 15 is 0 Å². The van der Waals surface area contributed by atoms with E-state index in [4.69, 9.17) is 0 Å². The molecule has 0 N–H and O–H groups in total. The molecule has 17 heavy (non-hydrogen) atoms. The van der Waals surface area contributed by atoms with Crippen molar-refractivity contribution in [2.45, 2.75) is 5.75 Å². The summed E-state index contributed by atoms with van der Waals surface area (Å²) < 4.78 is 0. The van der Waals surface area contributed by atoms with Gasteiger partial charge in [0.15, 0.2) is 0 Å². The van der Waals surface area contributed by atoms with Crippen molar-refractivity contribution in [3.63, 3.8) is 0 Å². The molecule has 0 unspecified atom stereocenters. The lowest BCUT2D eigenvalue weighted by atomic mass is 10.2. The summed E-state index contributed by atoms with van der Waals surface area (Å²) in [5.41, 5.74) is 2.67. The third kappa shape index (κ3) is 4.49. The normalized spacial score (nSPS) is 10.8. The van der Waals surface area contributed by atoms with Crippen LogP contribution in [0, 0.1) is 0 Å². The third-order valence-electron chi connectivity index (χ3n) is 2.44. The van der Waals surface area contributed by atoms with Crippen LogP contribution in [0.4, 0.5) is 0 Å². The first kappa shape index (κ1) is 12.0. The molecule has 0 radical (unpaired) electrons. The Morgan fingerprint density at radius 1 is 0.824 bits per heavy atom. The highest BCUT2D eigenvalue weighted by Crippen LogP contribution is 2.12. The Bertz CT molecular complexity index is 445.